The van der Waals surface area contributed by atoms with Crippen molar-refractivity contribution in [3.05, 3.63) is 87.9 Å². The fourth-order valence-corrected chi connectivity index (χ4v) is 3.40. The quantitative estimate of drug-likeness (QED) is 0.697. The number of halogens is 1. The van der Waals surface area contributed by atoms with Crippen LogP contribution in [0, 0.1) is 5.82 Å². The predicted molar refractivity (Wildman–Crippen MR) is 106 cm³/mol. The Hall–Kier alpha value is -2.99. The lowest BCUT2D eigenvalue weighted by Gasteiger charge is -2.20. The van der Waals surface area contributed by atoms with Crippen LogP contribution in [0.25, 0.3) is 0 Å². The fraction of sp³-hybridized carbons (Fsp3) is 0.143. The molecule has 0 spiro atoms. The molecule has 1 aromatic heterocycles. The first-order valence-electron chi connectivity index (χ1n) is 8.49. The number of nitrogens with one attached hydrogen (secondary N) is 1. The van der Waals surface area contributed by atoms with Crippen LogP contribution in [0.1, 0.15) is 25.6 Å². The minimum atomic E-state index is -0.282. The molecular weight excluding hydrogens is 363 g/mol. The molecule has 0 unspecified atom stereocenters. The van der Waals surface area contributed by atoms with Crippen molar-refractivity contribution in [3.63, 3.8) is 0 Å². The van der Waals surface area contributed by atoms with E-state index in [-0.39, 0.29) is 17.6 Å². The van der Waals surface area contributed by atoms with Gasteiger partial charge in [-0.15, -0.1) is 11.3 Å². The highest BCUT2D eigenvalue weighted by Crippen LogP contribution is 2.22. The van der Waals surface area contributed by atoms with Gasteiger partial charge in [0.25, 0.3) is 11.8 Å². The van der Waals surface area contributed by atoms with Crippen LogP contribution in [0.2, 0.25) is 0 Å². The second kappa shape index (κ2) is 8.60. The predicted octanol–water partition coefficient (Wildman–Crippen LogP) is 4.14. The summed E-state index contributed by atoms with van der Waals surface area (Å²) in [4.78, 5) is 27.3. The maximum atomic E-state index is 12.9. The van der Waals surface area contributed by atoms with Gasteiger partial charge in [-0.3, -0.25) is 9.59 Å². The molecule has 6 heteroatoms. The molecule has 1 heterocycles. The molecule has 138 valence electrons. The Morgan fingerprint density at radius 3 is 2.48 bits per heavy atom. The lowest BCUT2D eigenvalue weighted by Crippen LogP contribution is -2.31. The van der Waals surface area contributed by atoms with Crippen LogP contribution >= 0.6 is 11.3 Å². The van der Waals surface area contributed by atoms with E-state index in [4.69, 9.17) is 0 Å². The monoisotopic (exact) mass is 382 g/mol. The summed E-state index contributed by atoms with van der Waals surface area (Å²) in [6.45, 7) is 0.418. The van der Waals surface area contributed by atoms with Crippen molar-refractivity contribution in [1.82, 2.24) is 5.32 Å². The van der Waals surface area contributed by atoms with Gasteiger partial charge in [-0.25, -0.2) is 4.39 Å². The first kappa shape index (κ1) is 18.8. The Kier molecular flexibility index (Phi) is 5.98. The Bertz CT molecular complexity index is 924. The van der Waals surface area contributed by atoms with Crippen molar-refractivity contribution in [2.45, 2.75) is 6.42 Å². The van der Waals surface area contributed by atoms with E-state index in [9.17, 15) is 14.0 Å². The minimum absolute atomic E-state index is 0.156. The first-order chi connectivity index (χ1) is 13.1. The van der Waals surface area contributed by atoms with Crippen LogP contribution in [0.15, 0.2) is 66.0 Å². The van der Waals surface area contributed by atoms with E-state index in [0.717, 1.165) is 5.56 Å². The molecule has 0 bridgehead atoms. The maximum absolute atomic E-state index is 12.9. The van der Waals surface area contributed by atoms with E-state index < -0.39 is 0 Å². The number of rotatable bonds is 6. The van der Waals surface area contributed by atoms with Gasteiger partial charge >= 0.3 is 0 Å². The summed E-state index contributed by atoms with van der Waals surface area (Å²) in [6.07, 6.45) is 0.595. The van der Waals surface area contributed by atoms with Gasteiger partial charge in [-0.1, -0.05) is 30.3 Å². The molecule has 0 fully saturated rings. The number of nitrogens with zero attached hydrogens (tertiary/aromatic N) is 1. The molecule has 4 nitrogen and oxygen atoms in total. The number of para-hydroxylation sites is 1. The first-order valence-corrected chi connectivity index (χ1v) is 9.37. The Morgan fingerprint density at radius 1 is 1.04 bits per heavy atom. The van der Waals surface area contributed by atoms with E-state index in [1.165, 1.54) is 28.4 Å². The van der Waals surface area contributed by atoms with E-state index in [0.29, 0.717) is 29.1 Å². The van der Waals surface area contributed by atoms with Crippen LogP contribution in [-0.2, 0) is 6.42 Å². The average Bonchev–Trinajstić information content (AvgIpc) is 3.23. The zero-order valence-corrected chi connectivity index (χ0v) is 15.6. The van der Waals surface area contributed by atoms with Crippen molar-refractivity contribution < 1.29 is 14.0 Å². The summed E-state index contributed by atoms with van der Waals surface area (Å²) in [5.41, 5.74) is 1.93. The van der Waals surface area contributed by atoms with Crippen molar-refractivity contribution in [1.29, 1.82) is 0 Å². The number of anilines is 1. The SMILES string of the molecule is CN(C(=O)c1cccs1)c1ccccc1C(=O)NCCc1ccc(F)cc1. The Labute approximate surface area is 161 Å². The lowest BCUT2D eigenvalue weighted by molar-refractivity contribution is 0.0954. The Morgan fingerprint density at radius 2 is 1.78 bits per heavy atom. The van der Waals surface area contributed by atoms with E-state index in [1.54, 1.807) is 49.5 Å². The smallest absolute Gasteiger partial charge is 0.268 e. The third-order valence-corrected chi connectivity index (χ3v) is 5.02. The standard InChI is InChI=1S/C21H19FN2O2S/c1-24(21(26)19-7-4-14-27-19)18-6-3-2-5-17(18)20(25)23-13-12-15-8-10-16(22)11-9-15/h2-11,14H,12-13H2,1H3,(H,23,25). The van der Waals surface area contributed by atoms with E-state index >= 15 is 0 Å². The molecular formula is C21H19FN2O2S. The number of thiophene rings is 1. The number of benzene rings is 2. The molecule has 2 amide bonds. The molecule has 0 aliphatic carbocycles. The van der Waals surface area contributed by atoms with Gasteiger partial charge in [0, 0.05) is 13.6 Å². The van der Waals surface area contributed by atoms with Gasteiger partial charge in [0.15, 0.2) is 0 Å². The molecule has 0 aliphatic rings. The number of carbonyl (C=O) groups is 2. The Balaban J connectivity index is 1.68. The number of hydrogen-bond acceptors (Lipinski definition) is 3. The van der Waals surface area contributed by atoms with Crippen LogP contribution in [0.5, 0.6) is 0 Å². The summed E-state index contributed by atoms with van der Waals surface area (Å²) >= 11 is 1.36. The van der Waals surface area contributed by atoms with Crippen LogP contribution in [-0.4, -0.2) is 25.4 Å². The van der Waals surface area contributed by atoms with Crippen molar-refractivity contribution in [2.75, 3.05) is 18.5 Å². The maximum Gasteiger partial charge on any atom is 0.268 e. The van der Waals surface area contributed by atoms with Crippen molar-refractivity contribution >= 4 is 28.8 Å². The topological polar surface area (TPSA) is 49.4 Å². The fourth-order valence-electron chi connectivity index (χ4n) is 2.70. The third-order valence-electron chi connectivity index (χ3n) is 4.16. The molecule has 3 aromatic rings. The molecule has 0 atom stereocenters. The summed E-state index contributed by atoms with van der Waals surface area (Å²) < 4.78 is 12.9. The van der Waals surface area contributed by atoms with Crippen LogP contribution in [0.4, 0.5) is 10.1 Å². The molecule has 0 saturated carbocycles. The molecule has 2 aromatic carbocycles. The number of carbonyl (C=O) groups excluding carboxylic acids is 2. The van der Waals surface area contributed by atoms with Crippen LogP contribution in [0.3, 0.4) is 0 Å². The lowest BCUT2D eigenvalue weighted by atomic mass is 10.1. The second-order valence-electron chi connectivity index (χ2n) is 5.99. The third kappa shape index (κ3) is 4.60. The minimum Gasteiger partial charge on any atom is -0.352 e. The highest BCUT2D eigenvalue weighted by molar-refractivity contribution is 7.12. The van der Waals surface area contributed by atoms with Crippen molar-refractivity contribution in [3.8, 4) is 0 Å². The highest BCUT2D eigenvalue weighted by atomic mass is 32.1. The van der Waals surface area contributed by atoms with E-state index in [1.807, 2.05) is 11.4 Å². The number of hydrogen-bond donors (Lipinski definition) is 1. The van der Waals surface area contributed by atoms with Gasteiger partial charge in [-0.2, -0.15) is 0 Å². The molecule has 0 saturated heterocycles. The summed E-state index contributed by atoms with van der Waals surface area (Å²) in [6, 6.07) is 16.8. The molecule has 0 radical (unpaired) electrons. The van der Waals surface area contributed by atoms with E-state index in [2.05, 4.69) is 5.32 Å². The van der Waals surface area contributed by atoms with Gasteiger partial charge < -0.3 is 10.2 Å². The van der Waals surface area contributed by atoms with Gasteiger partial charge in [-0.05, 0) is 47.7 Å². The largest absolute Gasteiger partial charge is 0.352 e. The van der Waals surface area contributed by atoms with Gasteiger partial charge in [0.1, 0.15) is 5.82 Å². The average molecular weight is 382 g/mol. The van der Waals surface area contributed by atoms with Crippen LogP contribution < -0.4 is 10.2 Å². The zero-order valence-electron chi connectivity index (χ0n) is 14.8. The normalized spacial score (nSPS) is 10.4. The molecule has 1 N–H and O–H groups in total. The summed E-state index contributed by atoms with van der Waals surface area (Å²) in [5.74, 6) is -0.690. The number of amides is 2. The zero-order chi connectivity index (χ0) is 19.2. The van der Waals surface area contributed by atoms with Gasteiger partial charge in [0.2, 0.25) is 0 Å². The van der Waals surface area contributed by atoms with Crippen molar-refractivity contribution in [2.24, 2.45) is 0 Å². The van der Waals surface area contributed by atoms with Gasteiger partial charge in [0.05, 0.1) is 16.1 Å². The second-order valence-corrected chi connectivity index (χ2v) is 6.94. The molecule has 3 rings (SSSR count). The summed E-state index contributed by atoms with van der Waals surface area (Å²) in [5, 5.41) is 4.71. The highest BCUT2D eigenvalue weighted by Gasteiger charge is 2.19. The molecule has 27 heavy (non-hydrogen) atoms. The summed E-state index contributed by atoms with van der Waals surface area (Å²) in [7, 11) is 1.66. The molecule has 0 aliphatic heterocycles.